The number of rotatable bonds is 6. The minimum absolute atomic E-state index is 0.568. The van der Waals surface area contributed by atoms with Gasteiger partial charge in [0.25, 0.3) is 0 Å². The van der Waals surface area contributed by atoms with Gasteiger partial charge in [-0.3, -0.25) is 0 Å². The minimum Gasteiger partial charge on any atom is -0.339 e. The van der Waals surface area contributed by atoms with E-state index < -0.39 is 0 Å². The Labute approximate surface area is 125 Å². The van der Waals surface area contributed by atoms with Crippen LogP contribution in [0.5, 0.6) is 0 Å². The maximum Gasteiger partial charge on any atom is 0.227 e. The smallest absolute Gasteiger partial charge is 0.227 e. The summed E-state index contributed by atoms with van der Waals surface area (Å²) in [6.07, 6.45) is 3.18. The first-order valence-corrected chi connectivity index (χ1v) is 7.93. The van der Waals surface area contributed by atoms with E-state index in [1.165, 1.54) is 0 Å². The molecule has 0 fully saturated rings. The molecule has 0 spiro atoms. The molecule has 3 rings (SSSR count). The third-order valence-corrected chi connectivity index (χ3v) is 3.38. The summed E-state index contributed by atoms with van der Waals surface area (Å²) in [4.78, 5) is 8.66. The summed E-state index contributed by atoms with van der Waals surface area (Å²) >= 11 is 1.66. The van der Waals surface area contributed by atoms with Gasteiger partial charge in [0.1, 0.15) is 0 Å². The van der Waals surface area contributed by atoms with Gasteiger partial charge >= 0.3 is 0 Å². The lowest BCUT2D eigenvalue weighted by Crippen LogP contribution is -1.92. The van der Waals surface area contributed by atoms with Gasteiger partial charge in [0.15, 0.2) is 5.82 Å². The molecule has 0 amide bonds. The molecular formula is C14H14N4O2S. The molecule has 0 unspecified atom stereocenters. The van der Waals surface area contributed by atoms with Crippen molar-refractivity contribution in [1.82, 2.24) is 20.3 Å². The highest BCUT2D eigenvalue weighted by Crippen LogP contribution is 2.15. The van der Waals surface area contributed by atoms with Crippen LogP contribution >= 0.6 is 11.8 Å². The zero-order valence-electron chi connectivity index (χ0n) is 11.5. The van der Waals surface area contributed by atoms with E-state index in [1.807, 2.05) is 36.6 Å². The zero-order valence-corrected chi connectivity index (χ0v) is 12.3. The average molecular weight is 302 g/mol. The number of aromatic nitrogens is 4. The molecule has 1 aromatic carbocycles. The van der Waals surface area contributed by atoms with Gasteiger partial charge in [0.05, 0.1) is 5.75 Å². The lowest BCUT2D eigenvalue weighted by atomic mass is 10.2. The summed E-state index contributed by atoms with van der Waals surface area (Å²) < 4.78 is 10.4. The molecule has 0 saturated carbocycles. The van der Waals surface area contributed by atoms with Crippen molar-refractivity contribution < 1.29 is 9.05 Å². The second-order valence-electron chi connectivity index (χ2n) is 4.42. The Bertz CT molecular complexity index is 696. The predicted molar refractivity (Wildman–Crippen MR) is 78.7 cm³/mol. The highest BCUT2D eigenvalue weighted by molar-refractivity contribution is 7.97. The normalized spacial score (nSPS) is 10.9. The van der Waals surface area contributed by atoms with Crippen LogP contribution in [0.1, 0.15) is 17.6 Å². The molecule has 2 aromatic heterocycles. The predicted octanol–water partition coefficient (Wildman–Crippen LogP) is 2.77. The minimum atomic E-state index is 0.568. The van der Waals surface area contributed by atoms with E-state index >= 15 is 0 Å². The number of hydrogen-bond acceptors (Lipinski definition) is 7. The molecule has 0 bridgehead atoms. The maximum atomic E-state index is 5.24. The number of thioether (sulfide) groups is 1. The maximum absolute atomic E-state index is 5.24. The molecule has 0 aliphatic carbocycles. The topological polar surface area (TPSA) is 77.8 Å². The largest absolute Gasteiger partial charge is 0.339 e. The van der Waals surface area contributed by atoms with Crippen LogP contribution in [0.25, 0.3) is 11.4 Å². The summed E-state index contributed by atoms with van der Waals surface area (Å²) in [7, 11) is 0. The monoisotopic (exact) mass is 302 g/mol. The van der Waals surface area contributed by atoms with Gasteiger partial charge in [-0.15, -0.1) is 0 Å². The Morgan fingerprint density at radius 2 is 1.67 bits per heavy atom. The lowest BCUT2D eigenvalue weighted by Gasteiger charge is -1.91. The Hall–Kier alpha value is -2.15. The van der Waals surface area contributed by atoms with Crippen molar-refractivity contribution >= 4 is 11.8 Å². The Morgan fingerprint density at radius 1 is 0.952 bits per heavy atom. The van der Waals surface area contributed by atoms with Crippen molar-refractivity contribution in [2.24, 2.45) is 0 Å². The van der Waals surface area contributed by atoms with Gasteiger partial charge in [-0.25, -0.2) is 0 Å². The van der Waals surface area contributed by atoms with E-state index in [0.717, 1.165) is 11.3 Å². The molecule has 0 radical (unpaired) electrons. The number of hydrogen-bond donors (Lipinski definition) is 0. The van der Waals surface area contributed by atoms with Crippen molar-refractivity contribution in [3.8, 4) is 11.4 Å². The molecule has 0 aliphatic rings. The van der Waals surface area contributed by atoms with Gasteiger partial charge in [-0.2, -0.15) is 21.7 Å². The van der Waals surface area contributed by atoms with E-state index in [4.69, 9.17) is 9.05 Å². The van der Waals surface area contributed by atoms with Crippen LogP contribution in [0.3, 0.4) is 0 Å². The van der Waals surface area contributed by atoms with Crippen LogP contribution in [0, 0.1) is 0 Å². The standard InChI is InChI=1S/C14H14N4O2S/c1-21-9-11-15-12(19-17-11)7-8-13-16-14(18-20-13)10-5-3-2-4-6-10/h2-6H,7-9H2,1H3. The molecule has 0 saturated heterocycles. The van der Waals surface area contributed by atoms with E-state index in [-0.39, 0.29) is 0 Å². The molecule has 0 N–H and O–H groups in total. The van der Waals surface area contributed by atoms with E-state index in [0.29, 0.717) is 36.3 Å². The fourth-order valence-corrected chi connectivity index (χ4v) is 2.23. The summed E-state index contributed by atoms with van der Waals surface area (Å²) in [5.74, 6) is 3.23. The van der Waals surface area contributed by atoms with E-state index in [9.17, 15) is 0 Å². The number of nitrogens with zero attached hydrogens (tertiary/aromatic N) is 4. The highest BCUT2D eigenvalue weighted by atomic mass is 32.2. The van der Waals surface area contributed by atoms with Crippen LogP contribution in [-0.4, -0.2) is 26.5 Å². The molecule has 6 nitrogen and oxygen atoms in total. The van der Waals surface area contributed by atoms with Gasteiger partial charge in [-0.1, -0.05) is 40.6 Å². The first-order chi connectivity index (χ1) is 10.3. The zero-order chi connectivity index (χ0) is 14.5. The van der Waals surface area contributed by atoms with Crippen LogP contribution in [0.2, 0.25) is 0 Å². The van der Waals surface area contributed by atoms with Gasteiger partial charge in [0, 0.05) is 18.4 Å². The Kier molecular flexibility index (Phi) is 4.30. The first-order valence-electron chi connectivity index (χ1n) is 6.53. The summed E-state index contributed by atoms with van der Waals surface area (Å²) in [6, 6.07) is 9.73. The van der Waals surface area contributed by atoms with Crippen molar-refractivity contribution in [3.63, 3.8) is 0 Å². The molecule has 0 aliphatic heterocycles. The molecule has 108 valence electrons. The Morgan fingerprint density at radius 3 is 2.43 bits per heavy atom. The van der Waals surface area contributed by atoms with E-state index in [1.54, 1.807) is 11.8 Å². The van der Waals surface area contributed by atoms with Crippen molar-refractivity contribution in [2.75, 3.05) is 6.26 Å². The van der Waals surface area contributed by atoms with Gasteiger partial charge in [-0.05, 0) is 6.26 Å². The summed E-state index contributed by atoms with van der Waals surface area (Å²) in [6.45, 7) is 0. The average Bonchev–Trinajstić information content (AvgIpc) is 3.16. The lowest BCUT2D eigenvalue weighted by molar-refractivity contribution is 0.352. The number of benzene rings is 1. The van der Waals surface area contributed by atoms with Crippen LogP contribution < -0.4 is 0 Å². The van der Waals surface area contributed by atoms with Crippen LogP contribution in [0.4, 0.5) is 0 Å². The first kappa shape index (κ1) is 13.8. The summed E-state index contributed by atoms with van der Waals surface area (Å²) in [5, 5.41) is 7.87. The molecule has 2 heterocycles. The van der Waals surface area contributed by atoms with Crippen LogP contribution in [0.15, 0.2) is 39.4 Å². The fourth-order valence-electron chi connectivity index (χ4n) is 1.85. The fraction of sp³-hybridized carbons (Fsp3) is 0.286. The SMILES string of the molecule is CSCc1noc(CCc2nc(-c3ccccc3)no2)n1. The third kappa shape index (κ3) is 3.49. The van der Waals surface area contributed by atoms with Gasteiger partial charge < -0.3 is 9.05 Å². The van der Waals surface area contributed by atoms with Crippen molar-refractivity contribution in [1.29, 1.82) is 0 Å². The summed E-state index contributed by atoms with van der Waals surface area (Å²) in [5.41, 5.74) is 0.938. The molecular weight excluding hydrogens is 288 g/mol. The van der Waals surface area contributed by atoms with Gasteiger partial charge in [0.2, 0.25) is 17.6 Å². The second kappa shape index (κ2) is 6.53. The second-order valence-corrected chi connectivity index (χ2v) is 5.28. The molecule has 21 heavy (non-hydrogen) atoms. The number of aryl methyl sites for hydroxylation is 2. The van der Waals surface area contributed by atoms with E-state index in [2.05, 4.69) is 20.3 Å². The third-order valence-electron chi connectivity index (χ3n) is 2.84. The van der Waals surface area contributed by atoms with Crippen molar-refractivity contribution in [2.45, 2.75) is 18.6 Å². The quantitative estimate of drug-likeness (QED) is 0.692. The molecule has 7 heteroatoms. The highest BCUT2D eigenvalue weighted by Gasteiger charge is 2.11. The van der Waals surface area contributed by atoms with Crippen LogP contribution in [-0.2, 0) is 18.6 Å². The molecule has 0 atom stereocenters. The molecule has 3 aromatic rings. The van der Waals surface area contributed by atoms with Crippen molar-refractivity contribution in [3.05, 3.63) is 47.9 Å². The Balaban J connectivity index is 1.62.